The molecule has 0 radical (unpaired) electrons. The second-order valence-corrected chi connectivity index (χ2v) is 1.30. The summed E-state index contributed by atoms with van der Waals surface area (Å²) in [6.07, 6.45) is 0. The Balaban J connectivity index is -0.000000109. The van der Waals surface area contributed by atoms with Gasteiger partial charge in [-0.1, -0.05) is 13.8 Å². The third-order valence-corrected chi connectivity index (χ3v) is 0.894. The van der Waals surface area contributed by atoms with Gasteiger partial charge in [0.05, 0.1) is 0 Å². The van der Waals surface area contributed by atoms with Gasteiger partial charge in [-0.3, -0.25) is 7.05 Å². The van der Waals surface area contributed by atoms with E-state index in [2.05, 4.69) is 27.8 Å². The molecule has 0 spiro atoms. The van der Waals surface area contributed by atoms with Crippen molar-refractivity contribution in [1.29, 1.82) is 0 Å². The summed E-state index contributed by atoms with van der Waals surface area (Å²) in [6, 6.07) is 0. The van der Waals surface area contributed by atoms with Crippen molar-refractivity contribution in [2.75, 3.05) is 13.1 Å². The van der Waals surface area contributed by atoms with Crippen LogP contribution in [-0.4, -0.2) is 18.0 Å². The van der Waals surface area contributed by atoms with Gasteiger partial charge in [0.25, 0.3) is 0 Å². The van der Waals surface area contributed by atoms with E-state index in [-0.39, 0.29) is 21.1 Å². The van der Waals surface area contributed by atoms with Crippen LogP contribution in [0.2, 0.25) is 0 Å². The largest absolute Gasteiger partial charge is 2.00 e. The Bertz CT molecular complexity index is 28.1. The molecule has 2 heteroatoms. The van der Waals surface area contributed by atoms with Crippen LogP contribution >= 0.6 is 0 Å². The van der Waals surface area contributed by atoms with Gasteiger partial charge in [0, 0.05) is 0 Å². The van der Waals surface area contributed by atoms with Crippen molar-refractivity contribution in [2.24, 2.45) is 0 Å². The fraction of sp³-hybridized carbons (Fsp3) is 0.714. The van der Waals surface area contributed by atoms with Gasteiger partial charge in [0.15, 0.2) is 0 Å². The fourth-order valence-electron chi connectivity index (χ4n) is 0.224. The molecular formula is C7H17NW. The molecule has 0 amide bonds. The molecule has 0 aromatic carbocycles. The monoisotopic (exact) mass is 299 g/mol. The van der Waals surface area contributed by atoms with Crippen LogP contribution in [0.3, 0.4) is 0 Å². The first-order chi connectivity index (χ1) is 3.81. The SMILES string of the molecule is [CH2-]C.[CH2-]N(CC)CC.[W+2]. The van der Waals surface area contributed by atoms with E-state index in [0.29, 0.717) is 0 Å². The van der Waals surface area contributed by atoms with E-state index in [1.165, 1.54) is 0 Å². The number of nitrogens with zero attached hydrogens (tertiary/aromatic N) is 1. The van der Waals surface area contributed by atoms with Crippen molar-refractivity contribution in [2.45, 2.75) is 20.8 Å². The van der Waals surface area contributed by atoms with Crippen LogP contribution in [0.15, 0.2) is 0 Å². The number of hydrogen-bond donors (Lipinski definition) is 0. The van der Waals surface area contributed by atoms with Crippen LogP contribution < -0.4 is 0 Å². The molecule has 0 saturated heterocycles. The first-order valence-electron chi connectivity index (χ1n) is 3.07. The first-order valence-corrected chi connectivity index (χ1v) is 3.07. The molecule has 0 bridgehead atoms. The molecule has 1 nitrogen and oxygen atoms in total. The molecule has 0 aliphatic carbocycles. The molecule has 9 heavy (non-hydrogen) atoms. The molecule has 0 rings (SSSR count). The zero-order valence-electron chi connectivity index (χ0n) is 6.68. The van der Waals surface area contributed by atoms with E-state index in [1.54, 1.807) is 6.92 Å². The van der Waals surface area contributed by atoms with E-state index < -0.39 is 0 Å². The summed E-state index contributed by atoms with van der Waals surface area (Å²) in [4.78, 5) is 2.00. The third kappa shape index (κ3) is 17.7. The number of hydrogen-bond acceptors (Lipinski definition) is 1. The van der Waals surface area contributed by atoms with E-state index >= 15 is 0 Å². The van der Waals surface area contributed by atoms with E-state index in [1.807, 2.05) is 4.90 Å². The summed E-state index contributed by atoms with van der Waals surface area (Å²) in [5.74, 6) is 0. The second kappa shape index (κ2) is 15.9. The second-order valence-electron chi connectivity index (χ2n) is 1.30. The van der Waals surface area contributed by atoms with Crippen LogP contribution in [-0.2, 0) is 21.1 Å². The zero-order chi connectivity index (χ0) is 6.99. The van der Waals surface area contributed by atoms with Gasteiger partial charge in [-0.25, -0.2) is 0 Å². The van der Waals surface area contributed by atoms with Crippen LogP contribution in [0, 0.1) is 14.0 Å². The van der Waals surface area contributed by atoms with Crippen molar-refractivity contribution in [3.63, 3.8) is 0 Å². The summed E-state index contributed by atoms with van der Waals surface area (Å²) in [5, 5.41) is 0. The normalized spacial score (nSPS) is 7.33. The van der Waals surface area contributed by atoms with Crippen LogP contribution in [0.4, 0.5) is 0 Å². The summed E-state index contributed by atoms with van der Waals surface area (Å²) in [6.45, 7) is 11.3. The Morgan fingerprint density at radius 1 is 1.11 bits per heavy atom. The molecule has 0 fully saturated rings. The van der Waals surface area contributed by atoms with Crippen LogP contribution in [0.5, 0.6) is 0 Å². The molecule has 0 aromatic rings. The van der Waals surface area contributed by atoms with E-state index in [9.17, 15) is 0 Å². The predicted molar refractivity (Wildman–Crippen MR) is 39.3 cm³/mol. The Morgan fingerprint density at radius 3 is 1.33 bits per heavy atom. The van der Waals surface area contributed by atoms with Crippen molar-refractivity contribution >= 4 is 0 Å². The van der Waals surface area contributed by atoms with Crippen molar-refractivity contribution in [3.8, 4) is 0 Å². The smallest absolute Gasteiger partial charge is 0.460 e. The minimum Gasteiger partial charge on any atom is -0.460 e. The topological polar surface area (TPSA) is 3.24 Å². The van der Waals surface area contributed by atoms with Gasteiger partial charge < -0.3 is 11.8 Å². The molecule has 0 atom stereocenters. The van der Waals surface area contributed by atoms with Gasteiger partial charge in [-0.15, -0.1) is 0 Å². The molecule has 0 aliphatic rings. The Hall–Kier alpha value is 0.648. The van der Waals surface area contributed by atoms with Gasteiger partial charge in [-0.2, -0.15) is 6.92 Å². The maximum atomic E-state index is 3.71. The molecule has 0 N–H and O–H groups in total. The minimum atomic E-state index is 0. The summed E-state index contributed by atoms with van der Waals surface area (Å²) >= 11 is 0. The Labute approximate surface area is 74.1 Å². The average Bonchev–Trinajstić information content (AvgIpc) is 1.91. The standard InChI is InChI=1S/C5H12N.C2H5.W/c1-4-6(3)5-2;1-2;/h3-5H2,1-2H3;1H2,2H3;/q2*-1;+2. The van der Waals surface area contributed by atoms with Crippen molar-refractivity contribution < 1.29 is 21.1 Å². The van der Waals surface area contributed by atoms with E-state index in [4.69, 9.17) is 0 Å². The summed E-state index contributed by atoms with van der Waals surface area (Å²) in [5.41, 5.74) is 0. The van der Waals surface area contributed by atoms with Crippen molar-refractivity contribution in [3.05, 3.63) is 14.0 Å². The third-order valence-electron chi connectivity index (χ3n) is 0.894. The molecule has 0 heterocycles. The maximum absolute atomic E-state index is 3.71. The summed E-state index contributed by atoms with van der Waals surface area (Å²) < 4.78 is 0. The molecular weight excluding hydrogens is 282 g/mol. The zero-order valence-corrected chi connectivity index (χ0v) is 9.62. The molecule has 0 aromatic heterocycles. The van der Waals surface area contributed by atoms with Crippen LogP contribution in [0.25, 0.3) is 0 Å². The van der Waals surface area contributed by atoms with Gasteiger partial charge >= 0.3 is 21.1 Å². The minimum absolute atomic E-state index is 0. The maximum Gasteiger partial charge on any atom is 2.00 e. The predicted octanol–water partition coefficient (Wildman–Crippen LogP) is 1.96. The van der Waals surface area contributed by atoms with Gasteiger partial charge in [0.1, 0.15) is 0 Å². The Kier molecular flexibility index (Phi) is 28.8. The first kappa shape index (κ1) is 16.3. The average molecular weight is 299 g/mol. The summed E-state index contributed by atoms with van der Waals surface area (Å²) in [7, 11) is 3.71. The molecule has 56 valence electrons. The fourth-order valence-corrected chi connectivity index (χ4v) is 0.224. The molecule has 0 aliphatic heterocycles. The quantitative estimate of drug-likeness (QED) is 0.705. The number of rotatable bonds is 2. The molecule has 0 saturated carbocycles. The van der Waals surface area contributed by atoms with Crippen molar-refractivity contribution in [1.82, 2.24) is 4.90 Å². The van der Waals surface area contributed by atoms with Gasteiger partial charge in [0.2, 0.25) is 0 Å². The van der Waals surface area contributed by atoms with E-state index in [0.717, 1.165) is 13.1 Å². The van der Waals surface area contributed by atoms with Gasteiger partial charge in [-0.05, 0) is 13.1 Å². The van der Waals surface area contributed by atoms with Crippen LogP contribution in [0.1, 0.15) is 20.8 Å². The Morgan fingerprint density at radius 2 is 1.33 bits per heavy atom. The molecule has 0 unspecified atom stereocenters.